The number of nitrogens with zero attached hydrogens (tertiary/aromatic N) is 2. The van der Waals surface area contributed by atoms with Crippen LogP contribution >= 0.6 is 0 Å². The van der Waals surface area contributed by atoms with Crippen molar-refractivity contribution in [3.05, 3.63) is 48.4 Å². The number of nitrogens with one attached hydrogen (secondary N) is 1. The molecule has 5 heteroatoms. The van der Waals surface area contributed by atoms with E-state index < -0.39 is 0 Å². The molecule has 2 rings (SSSR count). The standard InChI is InChI=1S/C16H19N3O2/c1-3-10-17-14(20)8-5-9-15-18-16(19-21-15)13-7-4-6-12(2)11-13/h3-4,6-7,11H,1,5,8-10H2,2H3,(H,17,20). The minimum atomic E-state index is 0.00771. The molecule has 1 aromatic carbocycles. The molecule has 0 aliphatic rings. The monoisotopic (exact) mass is 285 g/mol. The Morgan fingerprint density at radius 3 is 3.10 bits per heavy atom. The molecule has 0 aliphatic carbocycles. The minimum Gasteiger partial charge on any atom is -0.353 e. The van der Waals surface area contributed by atoms with Gasteiger partial charge in [-0.15, -0.1) is 6.58 Å². The van der Waals surface area contributed by atoms with E-state index in [-0.39, 0.29) is 5.91 Å². The van der Waals surface area contributed by atoms with E-state index in [4.69, 9.17) is 4.52 Å². The van der Waals surface area contributed by atoms with E-state index in [2.05, 4.69) is 22.0 Å². The maximum absolute atomic E-state index is 11.4. The zero-order chi connectivity index (χ0) is 15.1. The summed E-state index contributed by atoms with van der Waals surface area (Å²) in [4.78, 5) is 15.8. The zero-order valence-electron chi connectivity index (χ0n) is 12.1. The first-order chi connectivity index (χ1) is 10.2. The van der Waals surface area contributed by atoms with Gasteiger partial charge in [0, 0.05) is 24.9 Å². The normalized spacial score (nSPS) is 10.3. The Kier molecular flexibility index (Phi) is 5.26. The Hall–Kier alpha value is -2.43. The Balaban J connectivity index is 1.86. The lowest BCUT2D eigenvalue weighted by molar-refractivity contribution is -0.120. The van der Waals surface area contributed by atoms with Crippen LogP contribution in [0.4, 0.5) is 0 Å². The summed E-state index contributed by atoms with van der Waals surface area (Å²) >= 11 is 0. The Morgan fingerprint density at radius 1 is 1.48 bits per heavy atom. The molecule has 0 spiro atoms. The second-order valence-corrected chi connectivity index (χ2v) is 4.83. The maximum Gasteiger partial charge on any atom is 0.226 e. The van der Waals surface area contributed by atoms with Gasteiger partial charge in [-0.1, -0.05) is 35.0 Å². The van der Waals surface area contributed by atoms with Gasteiger partial charge in [0.15, 0.2) is 0 Å². The van der Waals surface area contributed by atoms with Crippen molar-refractivity contribution in [2.75, 3.05) is 6.54 Å². The quantitative estimate of drug-likeness (QED) is 0.794. The van der Waals surface area contributed by atoms with Crippen molar-refractivity contribution >= 4 is 5.91 Å². The summed E-state index contributed by atoms with van der Waals surface area (Å²) in [6.45, 7) is 6.07. The minimum absolute atomic E-state index is 0.00771. The Labute approximate surface area is 124 Å². The molecular weight excluding hydrogens is 266 g/mol. The fraction of sp³-hybridized carbons (Fsp3) is 0.312. The van der Waals surface area contributed by atoms with Crippen LogP contribution in [0.1, 0.15) is 24.3 Å². The van der Waals surface area contributed by atoms with Gasteiger partial charge in [-0.3, -0.25) is 4.79 Å². The summed E-state index contributed by atoms with van der Waals surface area (Å²) in [5.41, 5.74) is 2.09. The number of benzene rings is 1. The number of amides is 1. The van der Waals surface area contributed by atoms with Crippen LogP contribution in [-0.2, 0) is 11.2 Å². The SMILES string of the molecule is C=CCNC(=O)CCCc1nc(-c2cccc(C)c2)no1. The molecule has 0 saturated heterocycles. The highest BCUT2D eigenvalue weighted by Gasteiger charge is 2.09. The number of aromatic nitrogens is 2. The summed E-state index contributed by atoms with van der Waals surface area (Å²) in [5.74, 6) is 1.15. The van der Waals surface area contributed by atoms with E-state index in [1.54, 1.807) is 6.08 Å². The van der Waals surface area contributed by atoms with Crippen molar-refractivity contribution in [1.82, 2.24) is 15.5 Å². The van der Waals surface area contributed by atoms with Crippen LogP contribution in [0.3, 0.4) is 0 Å². The molecule has 0 saturated carbocycles. The van der Waals surface area contributed by atoms with E-state index in [9.17, 15) is 4.79 Å². The third kappa shape index (κ3) is 4.56. The first kappa shape index (κ1) is 15.0. The molecule has 1 N–H and O–H groups in total. The molecule has 0 radical (unpaired) electrons. The van der Waals surface area contributed by atoms with Crippen LogP contribution < -0.4 is 5.32 Å². The second kappa shape index (κ2) is 7.38. The van der Waals surface area contributed by atoms with E-state index >= 15 is 0 Å². The van der Waals surface area contributed by atoms with Gasteiger partial charge in [0.25, 0.3) is 0 Å². The summed E-state index contributed by atoms with van der Waals surface area (Å²) in [7, 11) is 0. The topological polar surface area (TPSA) is 68.0 Å². The Morgan fingerprint density at radius 2 is 2.33 bits per heavy atom. The first-order valence-electron chi connectivity index (χ1n) is 6.96. The average Bonchev–Trinajstić information content (AvgIpc) is 2.94. The summed E-state index contributed by atoms with van der Waals surface area (Å²) in [5, 5.41) is 6.71. The van der Waals surface area contributed by atoms with Crippen molar-refractivity contribution in [3.63, 3.8) is 0 Å². The van der Waals surface area contributed by atoms with Crippen molar-refractivity contribution in [2.45, 2.75) is 26.2 Å². The summed E-state index contributed by atoms with van der Waals surface area (Å²) < 4.78 is 5.21. The highest BCUT2D eigenvalue weighted by molar-refractivity contribution is 5.75. The molecule has 110 valence electrons. The molecule has 0 fully saturated rings. The highest BCUT2D eigenvalue weighted by atomic mass is 16.5. The van der Waals surface area contributed by atoms with E-state index in [1.165, 1.54) is 0 Å². The lowest BCUT2D eigenvalue weighted by Gasteiger charge is -1.99. The molecule has 0 atom stereocenters. The van der Waals surface area contributed by atoms with Crippen LogP contribution in [0, 0.1) is 6.92 Å². The molecule has 21 heavy (non-hydrogen) atoms. The van der Waals surface area contributed by atoms with Gasteiger partial charge in [0.05, 0.1) is 0 Å². The fourth-order valence-corrected chi connectivity index (χ4v) is 1.93. The van der Waals surface area contributed by atoms with Crippen molar-refractivity contribution < 1.29 is 9.32 Å². The zero-order valence-corrected chi connectivity index (χ0v) is 12.1. The van der Waals surface area contributed by atoms with Crippen LogP contribution in [-0.4, -0.2) is 22.6 Å². The number of rotatable bonds is 7. The smallest absolute Gasteiger partial charge is 0.226 e. The van der Waals surface area contributed by atoms with Gasteiger partial charge in [-0.25, -0.2) is 0 Å². The molecule has 1 heterocycles. The number of aryl methyl sites for hydroxylation is 2. The lowest BCUT2D eigenvalue weighted by atomic mass is 10.1. The maximum atomic E-state index is 11.4. The summed E-state index contributed by atoms with van der Waals surface area (Å²) in [6.07, 6.45) is 3.37. The van der Waals surface area contributed by atoms with Crippen molar-refractivity contribution in [3.8, 4) is 11.4 Å². The predicted molar refractivity (Wildman–Crippen MR) is 80.6 cm³/mol. The van der Waals surface area contributed by atoms with Crippen LogP contribution in [0.5, 0.6) is 0 Å². The number of hydrogen-bond acceptors (Lipinski definition) is 4. The highest BCUT2D eigenvalue weighted by Crippen LogP contribution is 2.17. The van der Waals surface area contributed by atoms with Gasteiger partial charge in [-0.2, -0.15) is 4.98 Å². The first-order valence-corrected chi connectivity index (χ1v) is 6.96. The van der Waals surface area contributed by atoms with E-state index in [0.717, 1.165) is 11.1 Å². The number of carbonyl (C=O) groups excluding carboxylic acids is 1. The van der Waals surface area contributed by atoms with Crippen molar-refractivity contribution in [2.24, 2.45) is 0 Å². The molecule has 0 aliphatic heterocycles. The Bertz CT molecular complexity index is 619. The van der Waals surface area contributed by atoms with Gasteiger partial charge >= 0.3 is 0 Å². The number of hydrogen-bond donors (Lipinski definition) is 1. The lowest BCUT2D eigenvalue weighted by Crippen LogP contribution is -2.22. The third-order valence-electron chi connectivity index (χ3n) is 2.98. The number of carbonyl (C=O) groups is 1. The van der Waals surface area contributed by atoms with E-state index in [0.29, 0.717) is 37.5 Å². The predicted octanol–water partition coefficient (Wildman–Crippen LogP) is 2.67. The van der Waals surface area contributed by atoms with Crippen molar-refractivity contribution in [1.29, 1.82) is 0 Å². The molecule has 5 nitrogen and oxygen atoms in total. The molecule has 2 aromatic rings. The van der Waals surface area contributed by atoms with Gasteiger partial charge in [0.1, 0.15) is 0 Å². The van der Waals surface area contributed by atoms with Gasteiger partial charge in [0.2, 0.25) is 17.6 Å². The fourth-order valence-electron chi connectivity index (χ4n) is 1.93. The summed E-state index contributed by atoms with van der Waals surface area (Å²) in [6, 6.07) is 7.94. The molecule has 1 aromatic heterocycles. The average molecular weight is 285 g/mol. The molecular formula is C16H19N3O2. The van der Waals surface area contributed by atoms with E-state index in [1.807, 2.05) is 31.2 Å². The van der Waals surface area contributed by atoms with Gasteiger partial charge in [-0.05, 0) is 19.4 Å². The molecule has 0 unspecified atom stereocenters. The largest absolute Gasteiger partial charge is 0.353 e. The van der Waals surface area contributed by atoms with Crippen LogP contribution in [0.2, 0.25) is 0 Å². The second-order valence-electron chi connectivity index (χ2n) is 4.83. The third-order valence-corrected chi connectivity index (χ3v) is 2.98. The molecule has 0 bridgehead atoms. The van der Waals surface area contributed by atoms with Crippen LogP contribution in [0.15, 0.2) is 41.4 Å². The molecule has 1 amide bonds. The van der Waals surface area contributed by atoms with Crippen LogP contribution in [0.25, 0.3) is 11.4 Å². The van der Waals surface area contributed by atoms with Gasteiger partial charge < -0.3 is 9.84 Å².